The molecule has 2 heterocycles. The molecule has 0 bridgehead atoms. The van der Waals surface area contributed by atoms with Gasteiger partial charge in [-0.15, -0.1) is 0 Å². The van der Waals surface area contributed by atoms with E-state index >= 15 is 0 Å². The molecule has 0 fully saturated rings. The van der Waals surface area contributed by atoms with Gasteiger partial charge >= 0.3 is 0 Å². The minimum absolute atomic E-state index is 0.180. The number of rotatable bonds is 5. The third-order valence-electron chi connectivity index (χ3n) is 9.14. The SMILES string of the molecule is O=[N+]([O-])c1ccc2c3c1C(c1ccccc1)(c1ccccc1)CCN3CCC2(c1ccccc1)c1ccccc1. The topological polar surface area (TPSA) is 46.4 Å². The van der Waals surface area contributed by atoms with Gasteiger partial charge in [0.1, 0.15) is 0 Å². The summed E-state index contributed by atoms with van der Waals surface area (Å²) in [6, 6.07) is 45.9. The summed E-state index contributed by atoms with van der Waals surface area (Å²) >= 11 is 0. The standard InChI is InChI=1S/C36H30N2O2/c39-38(40)32-22-21-31-34-33(32)36(29-17-9-3-10-18-29,30-19-11-4-12-20-30)24-26-37(34)25-23-35(31,27-13-5-1-6-14-27)28-15-7-2-8-16-28/h1-22H,23-26H2. The van der Waals surface area contributed by atoms with Crippen molar-refractivity contribution in [1.82, 2.24) is 0 Å². The zero-order valence-corrected chi connectivity index (χ0v) is 22.2. The highest BCUT2D eigenvalue weighted by Crippen LogP contribution is 2.59. The van der Waals surface area contributed by atoms with E-state index in [2.05, 4.69) is 89.8 Å². The maximum atomic E-state index is 12.8. The Kier molecular flexibility index (Phi) is 5.78. The summed E-state index contributed by atoms with van der Waals surface area (Å²) in [5, 5.41) is 12.8. The van der Waals surface area contributed by atoms with E-state index in [9.17, 15) is 10.1 Å². The quantitative estimate of drug-likeness (QED) is 0.174. The lowest BCUT2D eigenvalue weighted by Crippen LogP contribution is -2.49. The summed E-state index contributed by atoms with van der Waals surface area (Å²) in [6.45, 7) is 1.65. The molecular weight excluding hydrogens is 492 g/mol. The Balaban J connectivity index is 1.63. The van der Waals surface area contributed by atoms with Gasteiger partial charge in [-0.2, -0.15) is 0 Å². The number of hydrogen-bond acceptors (Lipinski definition) is 3. The number of anilines is 1. The first-order valence-corrected chi connectivity index (χ1v) is 14.0. The molecule has 0 amide bonds. The van der Waals surface area contributed by atoms with Gasteiger partial charge in [-0.1, -0.05) is 121 Å². The van der Waals surface area contributed by atoms with Crippen LogP contribution in [0.5, 0.6) is 0 Å². The van der Waals surface area contributed by atoms with Crippen molar-refractivity contribution < 1.29 is 4.92 Å². The fourth-order valence-electron chi connectivity index (χ4n) is 7.43. The third kappa shape index (κ3) is 3.45. The summed E-state index contributed by atoms with van der Waals surface area (Å²) in [4.78, 5) is 15.1. The van der Waals surface area contributed by atoms with E-state index in [0.29, 0.717) is 0 Å². The first kappa shape index (κ1) is 24.3. The lowest BCUT2D eigenvalue weighted by molar-refractivity contribution is -0.385. The molecule has 2 aliphatic rings. The van der Waals surface area contributed by atoms with Gasteiger partial charge in [0.15, 0.2) is 0 Å². The van der Waals surface area contributed by atoms with Crippen LogP contribution in [0.4, 0.5) is 11.4 Å². The number of nitro benzene ring substituents is 1. The molecule has 0 radical (unpaired) electrons. The van der Waals surface area contributed by atoms with Gasteiger partial charge in [0.25, 0.3) is 5.69 Å². The minimum atomic E-state index is -0.650. The van der Waals surface area contributed by atoms with E-state index in [-0.39, 0.29) is 10.6 Å². The lowest BCUT2D eigenvalue weighted by Gasteiger charge is -2.51. The van der Waals surface area contributed by atoms with Crippen molar-refractivity contribution >= 4 is 11.4 Å². The molecule has 4 nitrogen and oxygen atoms in total. The van der Waals surface area contributed by atoms with Crippen molar-refractivity contribution in [3.63, 3.8) is 0 Å². The highest BCUT2D eigenvalue weighted by Gasteiger charge is 2.52. The Bertz CT molecular complexity index is 1590. The van der Waals surface area contributed by atoms with E-state index in [1.165, 1.54) is 11.1 Å². The van der Waals surface area contributed by atoms with Crippen LogP contribution in [-0.4, -0.2) is 18.0 Å². The maximum absolute atomic E-state index is 12.8. The molecule has 196 valence electrons. The third-order valence-corrected chi connectivity index (χ3v) is 9.14. The Labute approximate surface area is 234 Å². The van der Waals surface area contributed by atoms with Crippen molar-refractivity contribution in [2.24, 2.45) is 0 Å². The molecule has 7 rings (SSSR count). The molecule has 0 N–H and O–H groups in total. The van der Waals surface area contributed by atoms with Gasteiger partial charge in [0, 0.05) is 24.6 Å². The molecule has 0 spiro atoms. The number of hydrogen-bond donors (Lipinski definition) is 0. The molecule has 0 saturated heterocycles. The van der Waals surface area contributed by atoms with Gasteiger partial charge in [0.2, 0.25) is 0 Å². The van der Waals surface area contributed by atoms with E-state index in [1.807, 2.05) is 42.5 Å². The maximum Gasteiger partial charge on any atom is 0.275 e. The fraction of sp³-hybridized carbons (Fsp3) is 0.167. The van der Waals surface area contributed by atoms with Crippen LogP contribution in [0.15, 0.2) is 133 Å². The average Bonchev–Trinajstić information content (AvgIpc) is 3.03. The molecule has 0 unspecified atom stereocenters. The predicted molar refractivity (Wildman–Crippen MR) is 160 cm³/mol. The minimum Gasteiger partial charge on any atom is -0.371 e. The normalized spacial score (nSPS) is 16.6. The highest BCUT2D eigenvalue weighted by atomic mass is 16.6. The van der Waals surface area contributed by atoms with E-state index < -0.39 is 10.8 Å². The van der Waals surface area contributed by atoms with Crippen LogP contribution >= 0.6 is 0 Å². The molecule has 4 heteroatoms. The van der Waals surface area contributed by atoms with E-state index in [4.69, 9.17) is 0 Å². The van der Waals surface area contributed by atoms with E-state index in [1.54, 1.807) is 6.07 Å². The molecule has 2 aliphatic heterocycles. The summed E-state index contributed by atoms with van der Waals surface area (Å²) in [5.41, 5.74) is 6.71. The summed E-state index contributed by atoms with van der Waals surface area (Å²) in [6.07, 6.45) is 1.66. The molecule has 5 aromatic rings. The number of nitrogens with zero attached hydrogens (tertiary/aromatic N) is 2. The molecule has 0 atom stereocenters. The van der Waals surface area contributed by atoms with Gasteiger partial charge in [-0.3, -0.25) is 10.1 Å². The van der Waals surface area contributed by atoms with Gasteiger partial charge in [-0.25, -0.2) is 0 Å². The van der Waals surface area contributed by atoms with E-state index in [0.717, 1.165) is 53.9 Å². The molecule has 5 aromatic carbocycles. The lowest BCUT2D eigenvalue weighted by atomic mass is 9.59. The predicted octanol–water partition coefficient (Wildman–Crippen LogP) is 7.88. The van der Waals surface area contributed by atoms with Crippen LogP contribution in [0.1, 0.15) is 46.2 Å². The molecule has 0 aromatic heterocycles. The zero-order valence-electron chi connectivity index (χ0n) is 22.2. The number of benzene rings is 5. The van der Waals surface area contributed by atoms with Gasteiger partial charge in [0.05, 0.1) is 21.6 Å². The van der Waals surface area contributed by atoms with Crippen molar-refractivity contribution in [2.75, 3.05) is 18.0 Å². The van der Waals surface area contributed by atoms with Crippen LogP contribution in [0, 0.1) is 10.1 Å². The summed E-state index contributed by atoms with van der Waals surface area (Å²) in [7, 11) is 0. The highest BCUT2D eigenvalue weighted by molar-refractivity contribution is 5.80. The van der Waals surface area contributed by atoms with Crippen molar-refractivity contribution in [3.8, 4) is 0 Å². The molecule has 40 heavy (non-hydrogen) atoms. The Morgan fingerprint density at radius 2 is 0.950 bits per heavy atom. The smallest absolute Gasteiger partial charge is 0.275 e. The van der Waals surface area contributed by atoms with Crippen LogP contribution in [0.2, 0.25) is 0 Å². The average molecular weight is 523 g/mol. The van der Waals surface area contributed by atoms with Gasteiger partial charge in [-0.05, 0) is 46.7 Å². The first-order valence-electron chi connectivity index (χ1n) is 14.0. The van der Waals surface area contributed by atoms with Crippen molar-refractivity contribution in [3.05, 3.63) is 177 Å². The second kappa shape index (κ2) is 9.49. The van der Waals surface area contributed by atoms with Crippen molar-refractivity contribution in [2.45, 2.75) is 23.7 Å². The molecule has 0 aliphatic carbocycles. The zero-order chi connectivity index (χ0) is 27.2. The van der Waals surface area contributed by atoms with Crippen LogP contribution in [-0.2, 0) is 10.8 Å². The second-order valence-electron chi connectivity index (χ2n) is 10.9. The van der Waals surface area contributed by atoms with Crippen LogP contribution < -0.4 is 4.90 Å². The van der Waals surface area contributed by atoms with Crippen molar-refractivity contribution in [1.29, 1.82) is 0 Å². The summed E-state index contributed by atoms with van der Waals surface area (Å²) in [5.74, 6) is 0. The van der Waals surface area contributed by atoms with Gasteiger partial charge < -0.3 is 4.90 Å². The summed E-state index contributed by atoms with van der Waals surface area (Å²) < 4.78 is 0. The second-order valence-corrected chi connectivity index (χ2v) is 10.9. The van der Waals surface area contributed by atoms with Crippen LogP contribution in [0.3, 0.4) is 0 Å². The molecular formula is C36H30N2O2. The Morgan fingerprint density at radius 1 is 0.550 bits per heavy atom. The number of nitro groups is 1. The Hall–Kier alpha value is -4.70. The fourth-order valence-corrected chi connectivity index (χ4v) is 7.43. The molecule has 0 saturated carbocycles. The Morgan fingerprint density at radius 3 is 1.38 bits per heavy atom. The first-order chi connectivity index (χ1) is 19.7. The monoisotopic (exact) mass is 522 g/mol. The van der Waals surface area contributed by atoms with Crippen LogP contribution in [0.25, 0.3) is 0 Å². The largest absolute Gasteiger partial charge is 0.371 e.